The summed E-state index contributed by atoms with van der Waals surface area (Å²) >= 11 is 0. The van der Waals surface area contributed by atoms with Crippen LogP contribution < -0.4 is 5.32 Å². The summed E-state index contributed by atoms with van der Waals surface area (Å²) in [4.78, 5) is 0. The maximum Gasteiger partial charge on any atom is 0.143 e. The zero-order chi connectivity index (χ0) is 14.3. The van der Waals surface area contributed by atoms with Crippen molar-refractivity contribution in [2.45, 2.75) is 20.0 Å². The highest BCUT2D eigenvalue weighted by Gasteiger charge is 2.10. The summed E-state index contributed by atoms with van der Waals surface area (Å²) < 4.78 is 18.6. The molecule has 0 aromatic heterocycles. The van der Waals surface area contributed by atoms with Gasteiger partial charge in [0, 0.05) is 13.2 Å². The fourth-order valence-electron chi connectivity index (χ4n) is 1.51. The molecule has 1 rings (SSSR count). The van der Waals surface area contributed by atoms with Crippen molar-refractivity contribution >= 4 is 5.69 Å². The minimum absolute atomic E-state index is 0.0437. The van der Waals surface area contributed by atoms with E-state index >= 15 is 0 Å². The SMILES string of the molecule is CC(C)COCC(O)CNc1cccc(F)c1C#N. The third kappa shape index (κ3) is 5.25. The lowest BCUT2D eigenvalue weighted by molar-refractivity contribution is 0.0318. The second-order valence-corrected chi connectivity index (χ2v) is 4.74. The van der Waals surface area contributed by atoms with Gasteiger partial charge < -0.3 is 15.2 Å². The highest BCUT2D eigenvalue weighted by molar-refractivity contribution is 5.57. The standard InChI is InChI=1S/C14H19FN2O2/c1-10(2)8-19-9-11(18)7-17-14-5-3-4-13(15)12(14)6-16/h3-5,10-11,17-18H,7-9H2,1-2H3. The number of nitriles is 1. The first kappa shape index (κ1) is 15.4. The normalized spacial score (nSPS) is 12.2. The molecule has 4 nitrogen and oxygen atoms in total. The zero-order valence-electron chi connectivity index (χ0n) is 11.2. The third-order valence-corrected chi connectivity index (χ3v) is 2.41. The molecule has 0 spiro atoms. The van der Waals surface area contributed by atoms with Crippen LogP contribution >= 0.6 is 0 Å². The lowest BCUT2D eigenvalue weighted by Crippen LogP contribution is -2.26. The molecule has 1 atom stereocenters. The van der Waals surface area contributed by atoms with Crippen molar-refractivity contribution in [3.63, 3.8) is 0 Å². The molecule has 1 aromatic rings. The van der Waals surface area contributed by atoms with Crippen LogP contribution in [0.15, 0.2) is 18.2 Å². The lowest BCUT2D eigenvalue weighted by Gasteiger charge is -2.15. The van der Waals surface area contributed by atoms with Crippen LogP contribution in [0, 0.1) is 23.1 Å². The first-order chi connectivity index (χ1) is 9.04. The number of hydrogen-bond acceptors (Lipinski definition) is 4. The molecule has 104 valence electrons. The number of ether oxygens (including phenoxy) is 1. The predicted molar refractivity (Wildman–Crippen MR) is 71.3 cm³/mol. The van der Waals surface area contributed by atoms with E-state index in [1.807, 2.05) is 13.8 Å². The van der Waals surface area contributed by atoms with Crippen molar-refractivity contribution in [1.29, 1.82) is 5.26 Å². The van der Waals surface area contributed by atoms with Crippen LogP contribution in [-0.2, 0) is 4.74 Å². The molecule has 1 unspecified atom stereocenters. The van der Waals surface area contributed by atoms with Crippen molar-refractivity contribution in [3.8, 4) is 6.07 Å². The molecule has 0 fully saturated rings. The molecule has 0 saturated carbocycles. The van der Waals surface area contributed by atoms with E-state index in [0.29, 0.717) is 18.2 Å². The number of nitrogens with one attached hydrogen (secondary N) is 1. The molecular weight excluding hydrogens is 247 g/mol. The van der Waals surface area contributed by atoms with E-state index < -0.39 is 11.9 Å². The lowest BCUT2D eigenvalue weighted by atomic mass is 10.2. The first-order valence-electron chi connectivity index (χ1n) is 6.23. The highest BCUT2D eigenvalue weighted by atomic mass is 19.1. The van der Waals surface area contributed by atoms with Gasteiger partial charge in [-0.1, -0.05) is 19.9 Å². The van der Waals surface area contributed by atoms with Gasteiger partial charge in [-0.3, -0.25) is 0 Å². The summed E-state index contributed by atoms with van der Waals surface area (Å²) in [5.41, 5.74) is 0.336. The molecule has 0 aliphatic carbocycles. The molecule has 0 aliphatic rings. The minimum Gasteiger partial charge on any atom is -0.389 e. The third-order valence-electron chi connectivity index (χ3n) is 2.41. The number of hydrogen-bond donors (Lipinski definition) is 2. The van der Waals surface area contributed by atoms with Crippen molar-refractivity contribution in [3.05, 3.63) is 29.6 Å². The van der Waals surface area contributed by atoms with Gasteiger partial charge in [-0.2, -0.15) is 5.26 Å². The van der Waals surface area contributed by atoms with Gasteiger partial charge in [0.05, 0.1) is 18.4 Å². The van der Waals surface area contributed by atoms with Crippen LogP contribution in [0.25, 0.3) is 0 Å². The van der Waals surface area contributed by atoms with Gasteiger partial charge in [-0.25, -0.2) is 4.39 Å². The van der Waals surface area contributed by atoms with Gasteiger partial charge >= 0.3 is 0 Å². The van der Waals surface area contributed by atoms with E-state index in [-0.39, 0.29) is 18.7 Å². The summed E-state index contributed by atoms with van der Waals surface area (Å²) in [6.07, 6.45) is -0.700. The van der Waals surface area contributed by atoms with Gasteiger partial charge in [0.15, 0.2) is 0 Å². The Morgan fingerprint density at radius 2 is 2.16 bits per heavy atom. The number of nitrogens with zero attached hydrogens (tertiary/aromatic N) is 1. The predicted octanol–water partition coefficient (Wildman–Crippen LogP) is 2.14. The molecule has 0 aliphatic heterocycles. The Balaban J connectivity index is 2.44. The summed E-state index contributed by atoms with van der Waals surface area (Å²) in [6.45, 7) is 5.05. The molecule has 0 heterocycles. The Hall–Kier alpha value is -1.64. The molecule has 5 heteroatoms. The fraction of sp³-hybridized carbons (Fsp3) is 0.500. The van der Waals surface area contributed by atoms with Crippen molar-refractivity contribution in [1.82, 2.24) is 0 Å². The van der Waals surface area contributed by atoms with E-state index in [4.69, 9.17) is 10.00 Å². The first-order valence-corrected chi connectivity index (χ1v) is 6.23. The Kier molecular flexibility index (Phi) is 6.26. The average molecular weight is 266 g/mol. The molecule has 0 amide bonds. The zero-order valence-corrected chi connectivity index (χ0v) is 11.2. The molecule has 1 aromatic carbocycles. The van der Waals surface area contributed by atoms with Gasteiger partial charge in [0.25, 0.3) is 0 Å². The van der Waals surface area contributed by atoms with Crippen LogP contribution in [0.1, 0.15) is 19.4 Å². The topological polar surface area (TPSA) is 65.3 Å². The van der Waals surface area contributed by atoms with Crippen LogP contribution in [0.2, 0.25) is 0 Å². The van der Waals surface area contributed by atoms with Crippen LogP contribution in [0.5, 0.6) is 0 Å². The average Bonchev–Trinajstić information content (AvgIpc) is 2.36. The number of anilines is 1. The van der Waals surface area contributed by atoms with Crippen LogP contribution in [-0.4, -0.2) is 31.0 Å². The van der Waals surface area contributed by atoms with E-state index in [1.165, 1.54) is 12.1 Å². The summed E-state index contributed by atoms with van der Waals surface area (Å²) in [7, 11) is 0. The number of aliphatic hydroxyl groups is 1. The largest absolute Gasteiger partial charge is 0.389 e. The smallest absolute Gasteiger partial charge is 0.143 e. The number of aliphatic hydroxyl groups excluding tert-OH is 1. The van der Waals surface area contributed by atoms with E-state index in [0.717, 1.165) is 0 Å². The van der Waals surface area contributed by atoms with E-state index in [2.05, 4.69) is 5.32 Å². The van der Waals surface area contributed by atoms with Gasteiger partial charge in [0.2, 0.25) is 0 Å². The molecule has 0 saturated heterocycles. The van der Waals surface area contributed by atoms with Crippen LogP contribution in [0.4, 0.5) is 10.1 Å². The van der Waals surface area contributed by atoms with Gasteiger partial charge in [-0.15, -0.1) is 0 Å². The highest BCUT2D eigenvalue weighted by Crippen LogP contribution is 2.17. The summed E-state index contributed by atoms with van der Waals surface area (Å²) in [5, 5.41) is 21.4. The fourth-order valence-corrected chi connectivity index (χ4v) is 1.51. The number of benzene rings is 1. The molecule has 0 radical (unpaired) electrons. The molecule has 19 heavy (non-hydrogen) atoms. The van der Waals surface area contributed by atoms with Crippen molar-refractivity contribution in [2.75, 3.05) is 25.1 Å². The minimum atomic E-state index is -0.700. The van der Waals surface area contributed by atoms with E-state index in [1.54, 1.807) is 12.1 Å². The quantitative estimate of drug-likeness (QED) is 0.793. The molecule has 2 N–H and O–H groups in total. The Labute approximate surface area is 112 Å². The second-order valence-electron chi connectivity index (χ2n) is 4.74. The Bertz CT molecular complexity index is 444. The maximum absolute atomic E-state index is 13.3. The molecule has 0 bridgehead atoms. The Morgan fingerprint density at radius 1 is 1.42 bits per heavy atom. The number of rotatable bonds is 7. The Morgan fingerprint density at radius 3 is 2.79 bits per heavy atom. The van der Waals surface area contributed by atoms with Gasteiger partial charge in [-0.05, 0) is 18.1 Å². The maximum atomic E-state index is 13.3. The van der Waals surface area contributed by atoms with Crippen molar-refractivity contribution in [2.24, 2.45) is 5.92 Å². The number of halogens is 1. The molecular formula is C14H19FN2O2. The van der Waals surface area contributed by atoms with Gasteiger partial charge in [0.1, 0.15) is 17.4 Å². The summed E-state index contributed by atoms with van der Waals surface area (Å²) in [6, 6.07) is 6.14. The van der Waals surface area contributed by atoms with Crippen LogP contribution in [0.3, 0.4) is 0 Å². The van der Waals surface area contributed by atoms with Crippen molar-refractivity contribution < 1.29 is 14.2 Å². The second kappa shape index (κ2) is 7.72. The van der Waals surface area contributed by atoms with E-state index in [9.17, 15) is 9.50 Å². The monoisotopic (exact) mass is 266 g/mol. The summed E-state index contributed by atoms with van der Waals surface area (Å²) in [5.74, 6) is -0.161.